The molecule has 2 aliphatic heterocycles. The summed E-state index contributed by atoms with van der Waals surface area (Å²) in [7, 11) is 0. The number of ether oxygens (including phenoxy) is 1. The van der Waals surface area contributed by atoms with E-state index in [-0.39, 0.29) is 11.7 Å². The topological polar surface area (TPSA) is 58.8 Å². The summed E-state index contributed by atoms with van der Waals surface area (Å²) in [6.07, 6.45) is 0.587. The number of amides is 1. The van der Waals surface area contributed by atoms with Gasteiger partial charge in [0.05, 0.1) is 6.61 Å². The molecule has 2 fully saturated rings. The molecule has 21 heavy (non-hydrogen) atoms. The predicted molar refractivity (Wildman–Crippen MR) is 77.5 cm³/mol. The number of rotatable bonds is 2. The lowest BCUT2D eigenvalue weighted by molar-refractivity contribution is -0.137. The molecule has 1 aromatic carbocycles. The SMILES string of the molecule is NC1(C(=O)N2CCN(c3ccc(F)cc3)CC2)CCOC1. The fraction of sp³-hybridized carbons (Fsp3) is 0.533. The van der Waals surface area contributed by atoms with Gasteiger partial charge in [0, 0.05) is 38.5 Å². The lowest BCUT2D eigenvalue weighted by atomic mass is 9.98. The summed E-state index contributed by atoms with van der Waals surface area (Å²) < 4.78 is 18.2. The molecule has 1 unspecified atom stereocenters. The number of halogens is 1. The largest absolute Gasteiger partial charge is 0.379 e. The molecule has 0 saturated carbocycles. The third kappa shape index (κ3) is 2.87. The average Bonchev–Trinajstić information content (AvgIpc) is 2.96. The van der Waals surface area contributed by atoms with Crippen LogP contribution < -0.4 is 10.6 Å². The van der Waals surface area contributed by atoms with Gasteiger partial charge in [0.1, 0.15) is 11.4 Å². The zero-order valence-corrected chi connectivity index (χ0v) is 11.9. The van der Waals surface area contributed by atoms with E-state index in [0.717, 1.165) is 18.8 Å². The van der Waals surface area contributed by atoms with Crippen LogP contribution in [-0.2, 0) is 9.53 Å². The summed E-state index contributed by atoms with van der Waals surface area (Å²) >= 11 is 0. The number of carbonyl (C=O) groups is 1. The Labute approximate surface area is 123 Å². The number of hydrogen-bond acceptors (Lipinski definition) is 4. The van der Waals surface area contributed by atoms with E-state index in [1.807, 2.05) is 4.90 Å². The van der Waals surface area contributed by atoms with Gasteiger partial charge >= 0.3 is 0 Å². The van der Waals surface area contributed by atoms with Crippen LogP contribution in [0.25, 0.3) is 0 Å². The van der Waals surface area contributed by atoms with Gasteiger partial charge in [-0.3, -0.25) is 4.79 Å². The van der Waals surface area contributed by atoms with Gasteiger partial charge < -0.3 is 20.3 Å². The molecule has 1 aromatic rings. The Morgan fingerprint density at radius 1 is 1.19 bits per heavy atom. The molecule has 3 rings (SSSR count). The minimum absolute atomic E-state index is 0.0150. The van der Waals surface area contributed by atoms with Gasteiger partial charge in [0.25, 0.3) is 0 Å². The van der Waals surface area contributed by atoms with E-state index in [1.165, 1.54) is 12.1 Å². The molecule has 114 valence electrons. The molecule has 5 nitrogen and oxygen atoms in total. The second kappa shape index (κ2) is 5.61. The van der Waals surface area contributed by atoms with E-state index >= 15 is 0 Å². The molecule has 0 bridgehead atoms. The van der Waals surface area contributed by atoms with Crippen LogP contribution in [0.5, 0.6) is 0 Å². The second-order valence-electron chi connectivity index (χ2n) is 5.71. The van der Waals surface area contributed by atoms with Crippen LogP contribution in [0.15, 0.2) is 24.3 Å². The van der Waals surface area contributed by atoms with Crippen LogP contribution in [0.3, 0.4) is 0 Å². The maximum Gasteiger partial charge on any atom is 0.245 e. The number of benzene rings is 1. The van der Waals surface area contributed by atoms with Crippen molar-refractivity contribution in [3.05, 3.63) is 30.1 Å². The van der Waals surface area contributed by atoms with Crippen LogP contribution in [0.1, 0.15) is 6.42 Å². The standard InChI is InChI=1S/C15H20FN3O2/c16-12-1-3-13(4-2-12)18-6-8-19(9-7-18)14(20)15(17)5-10-21-11-15/h1-4H,5-11,17H2. The van der Waals surface area contributed by atoms with E-state index in [1.54, 1.807) is 12.1 Å². The Balaban J connectivity index is 1.60. The number of carbonyl (C=O) groups excluding carboxylic acids is 1. The molecule has 0 aliphatic carbocycles. The third-order valence-electron chi connectivity index (χ3n) is 4.24. The maximum absolute atomic E-state index is 12.9. The Hall–Kier alpha value is -1.66. The monoisotopic (exact) mass is 293 g/mol. The molecule has 2 N–H and O–H groups in total. The van der Waals surface area contributed by atoms with Crippen molar-refractivity contribution in [2.24, 2.45) is 5.73 Å². The molecule has 0 aromatic heterocycles. The zero-order chi connectivity index (χ0) is 14.9. The summed E-state index contributed by atoms with van der Waals surface area (Å²) in [5.41, 5.74) is 6.26. The van der Waals surface area contributed by atoms with E-state index in [2.05, 4.69) is 4.90 Å². The Kier molecular flexibility index (Phi) is 3.82. The zero-order valence-electron chi connectivity index (χ0n) is 11.9. The van der Waals surface area contributed by atoms with Gasteiger partial charge in [-0.2, -0.15) is 0 Å². The van der Waals surface area contributed by atoms with Crippen molar-refractivity contribution in [1.82, 2.24) is 4.90 Å². The highest BCUT2D eigenvalue weighted by Gasteiger charge is 2.41. The first kappa shape index (κ1) is 14.3. The van der Waals surface area contributed by atoms with Gasteiger partial charge in [0.15, 0.2) is 0 Å². The van der Waals surface area contributed by atoms with Crippen LogP contribution >= 0.6 is 0 Å². The Morgan fingerprint density at radius 2 is 1.86 bits per heavy atom. The van der Waals surface area contributed by atoms with Crippen molar-refractivity contribution < 1.29 is 13.9 Å². The van der Waals surface area contributed by atoms with E-state index in [9.17, 15) is 9.18 Å². The Morgan fingerprint density at radius 3 is 2.43 bits per heavy atom. The number of anilines is 1. The maximum atomic E-state index is 12.9. The molecule has 1 atom stereocenters. The molecule has 0 radical (unpaired) electrons. The Bertz CT molecular complexity index is 506. The highest BCUT2D eigenvalue weighted by molar-refractivity contribution is 5.87. The quantitative estimate of drug-likeness (QED) is 0.867. The summed E-state index contributed by atoms with van der Waals surface area (Å²) in [4.78, 5) is 16.4. The van der Waals surface area contributed by atoms with E-state index in [4.69, 9.17) is 10.5 Å². The van der Waals surface area contributed by atoms with Crippen molar-refractivity contribution in [3.8, 4) is 0 Å². The molecule has 1 amide bonds. The summed E-state index contributed by atoms with van der Waals surface area (Å²) in [6.45, 7) is 3.59. The minimum atomic E-state index is -0.849. The molecule has 6 heteroatoms. The van der Waals surface area contributed by atoms with Crippen LogP contribution in [-0.4, -0.2) is 55.7 Å². The summed E-state index contributed by atoms with van der Waals surface area (Å²) in [6, 6.07) is 6.44. The number of nitrogens with two attached hydrogens (primary N) is 1. The minimum Gasteiger partial charge on any atom is -0.379 e. The summed E-state index contributed by atoms with van der Waals surface area (Å²) in [5, 5.41) is 0. The molecule has 2 saturated heterocycles. The van der Waals surface area contributed by atoms with Crippen molar-refractivity contribution in [3.63, 3.8) is 0 Å². The summed E-state index contributed by atoms with van der Waals surface area (Å²) in [5.74, 6) is -0.252. The van der Waals surface area contributed by atoms with Crippen LogP contribution in [0.4, 0.5) is 10.1 Å². The molecular weight excluding hydrogens is 273 g/mol. The molecule has 2 aliphatic rings. The van der Waals surface area contributed by atoms with Gasteiger partial charge in [-0.05, 0) is 30.7 Å². The fourth-order valence-corrected chi connectivity index (χ4v) is 2.88. The third-order valence-corrected chi connectivity index (χ3v) is 4.24. The van der Waals surface area contributed by atoms with E-state index < -0.39 is 5.54 Å². The van der Waals surface area contributed by atoms with Crippen LogP contribution in [0, 0.1) is 5.82 Å². The van der Waals surface area contributed by atoms with Gasteiger partial charge in [-0.15, -0.1) is 0 Å². The molecule has 0 spiro atoms. The second-order valence-corrected chi connectivity index (χ2v) is 5.71. The highest BCUT2D eigenvalue weighted by atomic mass is 19.1. The average molecular weight is 293 g/mol. The normalized spacial score (nSPS) is 26.2. The van der Waals surface area contributed by atoms with Crippen LogP contribution in [0.2, 0.25) is 0 Å². The molecule has 2 heterocycles. The van der Waals surface area contributed by atoms with Gasteiger partial charge in [-0.25, -0.2) is 4.39 Å². The number of nitrogens with zero attached hydrogens (tertiary/aromatic N) is 2. The van der Waals surface area contributed by atoms with Crippen molar-refractivity contribution in [2.45, 2.75) is 12.0 Å². The van der Waals surface area contributed by atoms with Gasteiger partial charge in [0.2, 0.25) is 5.91 Å². The first-order valence-corrected chi connectivity index (χ1v) is 7.25. The fourth-order valence-electron chi connectivity index (χ4n) is 2.88. The smallest absolute Gasteiger partial charge is 0.245 e. The lowest BCUT2D eigenvalue weighted by Gasteiger charge is -2.39. The molecular formula is C15H20FN3O2. The highest BCUT2D eigenvalue weighted by Crippen LogP contribution is 2.21. The number of hydrogen-bond donors (Lipinski definition) is 1. The predicted octanol–water partition coefficient (Wildman–Crippen LogP) is 0.592. The first-order chi connectivity index (χ1) is 10.1. The first-order valence-electron chi connectivity index (χ1n) is 7.25. The lowest BCUT2D eigenvalue weighted by Crippen LogP contribution is -2.60. The number of piperazine rings is 1. The van der Waals surface area contributed by atoms with Crippen molar-refractivity contribution in [2.75, 3.05) is 44.3 Å². The van der Waals surface area contributed by atoms with E-state index in [0.29, 0.717) is 32.7 Å². The van der Waals surface area contributed by atoms with Crippen molar-refractivity contribution in [1.29, 1.82) is 0 Å². The van der Waals surface area contributed by atoms with Crippen molar-refractivity contribution >= 4 is 11.6 Å². The van der Waals surface area contributed by atoms with Gasteiger partial charge in [-0.1, -0.05) is 0 Å².